The summed E-state index contributed by atoms with van der Waals surface area (Å²) in [5, 5.41) is 6.27. The number of fused-ring (bicyclic) bond motifs is 1. The number of imidazole rings is 1. The summed E-state index contributed by atoms with van der Waals surface area (Å²) in [6.45, 7) is 3.36. The molecule has 0 aliphatic heterocycles. The van der Waals surface area contributed by atoms with E-state index in [0.717, 1.165) is 29.5 Å². The van der Waals surface area contributed by atoms with Crippen LogP contribution in [0, 0.1) is 0 Å². The first-order valence-corrected chi connectivity index (χ1v) is 13.4. The molecule has 3 N–H and O–H groups in total. The largest absolute Gasteiger partial charge is 0.366 e. The highest BCUT2D eigenvalue weighted by Gasteiger charge is 2.31. The number of carbonyl (C=O) groups is 1. The average Bonchev–Trinajstić information content (AvgIpc) is 3.75. The molecule has 2 aromatic carbocycles. The summed E-state index contributed by atoms with van der Waals surface area (Å²) in [6, 6.07) is 21.2. The highest BCUT2D eigenvalue weighted by molar-refractivity contribution is 5.94. The molecular formula is C30H29N7O3. The van der Waals surface area contributed by atoms with E-state index >= 15 is 0 Å². The molecule has 1 aliphatic rings. The Morgan fingerprint density at radius 1 is 0.975 bits per heavy atom. The van der Waals surface area contributed by atoms with E-state index in [0.29, 0.717) is 42.5 Å². The van der Waals surface area contributed by atoms with E-state index in [2.05, 4.69) is 25.6 Å². The number of aromatic amines is 1. The number of nitrogens with zero attached hydrogens (tertiary/aromatic N) is 4. The maximum Gasteiger partial charge on any atom is 0.330 e. The lowest BCUT2D eigenvalue weighted by molar-refractivity contribution is 0.0951. The fourth-order valence-corrected chi connectivity index (χ4v) is 4.80. The molecule has 202 valence electrons. The number of hydrogen-bond donors (Lipinski definition) is 3. The topological polar surface area (TPSA) is 127 Å². The van der Waals surface area contributed by atoms with Crippen molar-refractivity contribution in [2.75, 3.05) is 5.32 Å². The van der Waals surface area contributed by atoms with Crippen LogP contribution in [0.25, 0.3) is 22.6 Å². The van der Waals surface area contributed by atoms with Crippen LogP contribution in [-0.4, -0.2) is 30.0 Å². The van der Waals surface area contributed by atoms with Crippen LogP contribution < -0.4 is 21.9 Å². The molecule has 0 saturated heterocycles. The van der Waals surface area contributed by atoms with Crippen molar-refractivity contribution in [1.82, 2.24) is 29.4 Å². The molecule has 3 aromatic heterocycles. The molecule has 10 heteroatoms. The van der Waals surface area contributed by atoms with Crippen molar-refractivity contribution in [1.29, 1.82) is 0 Å². The van der Waals surface area contributed by atoms with Crippen LogP contribution in [0.5, 0.6) is 0 Å². The molecule has 3 heterocycles. The predicted molar refractivity (Wildman–Crippen MR) is 153 cm³/mol. The van der Waals surface area contributed by atoms with Crippen LogP contribution in [0.4, 0.5) is 5.82 Å². The van der Waals surface area contributed by atoms with Crippen LogP contribution in [0.3, 0.4) is 0 Å². The number of aromatic nitrogens is 5. The minimum atomic E-state index is -0.471. The van der Waals surface area contributed by atoms with Crippen molar-refractivity contribution in [3.63, 3.8) is 0 Å². The number of amides is 1. The zero-order valence-electron chi connectivity index (χ0n) is 22.1. The van der Waals surface area contributed by atoms with Gasteiger partial charge in [0.25, 0.3) is 11.5 Å². The Kier molecular flexibility index (Phi) is 6.73. The molecule has 0 unspecified atom stereocenters. The highest BCUT2D eigenvalue weighted by atomic mass is 16.2. The van der Waals surface area contributed by atoms with Gasteiger partial charge in [0, 0.05) is 43.0 Å². The summed E-state index contributed by atoms with van der Waals surface area (Å²) in [4.78, 5) is 48.8. The minimum absolute atomic E-state index is 0.0971. The Labute approximate surface area is 229 Å². The van der Waals surface area contributed by atoms with Crippen LogP contribution in [-0.2, 0) is 19.6 Å². The zero-order valence-corrected chi connectivity index (χ0v) is 22.1. The molecule has 1 fully saturated rings. The smallest absolute Gasteiger partial charge is 0.330 e. The van der Waals surface area contributed by atoms with Gasteiger partial charge in [-0.3, -0.25) is 19.1 Å². The fraction of sp³-hybridized carbons (Fsp3) is 0.233. The van der Waals surface area contributed by atoms with Gasteiger partial charge in [-0.15, -0.1) is 0 Å². The summed E-state index contributed by atoms with van der Waals surface area (Å²) in [7, 11) is 0. The van der Waals surface area contributed by atoms with Gasteiger partial charge >= 0.3 is 5.69 Å². The third kappa shape index (κ3) is 5.03. The van der Waals surface area contributed by atoms with E-state index in [-0.39, 0.29) is 17.5 Å². The summed E-state index contributed by atoms with van der Waals surface area (Å²) in [5.41, 5.74) is 3.47. The first kappa shape index (κ1) is 25.3. The first-order valence-electron chi connectivity index (χ1n) is 13.4. The monoisotopic (exact) mass is 535 g/mol. The van der Waals surface area contributed by atoms with Crippen molar-refractivity contribution in [3.8, 4) is 11.4 Å². The molecule has 0 bridgehead atoms. The molecule has 10 nitrogen and oxygen atoms in total. The van der Waals surface area contributed by atoms with Crippen LogP contribution in [0.1, 0.15) is 47.3 Å². The molecule has 0 spiro atoms. The third-order valence-corrected chi connectivity index (χ3v) is 7.06. The van der Waals surface area contributed by atoms with Crippen molar-refractivity contribution in [2.45, 2.75) is 45.4 Å². The van der Waals surface area contributed by atoms with Crippen LogP contribution in [0.2, 0.25) is 0 Å². The Morgan fingerprint density at radius 3 is 2.35 bits per heavy atom. The van der Waals surface area contributed by atoms with Gasteiger partial charge in [0.05, 0.1) is 0 Å². The number of carbonyl (C=O) groups excluding carboxylic acids is 1. The van der Waals surface area contributed by atoms with Gasteiger partial charge < -0.3 is 15.2 Å². The van der Waals surface area contributed by atoms with Crippen molar-refractivity contribution >= 4 is 22.9 Å². The quantitative estimate of drug-likeness (QED) is 0.263. The molecule has 1 aliphatic carbocycles. The van der Waals surface area contributed by atoms with Gasteiger partial charge in [-0.25, -0.2) is 14.8 Å². The summed E-state index contributed by atoms with van der Waals surface area (Å²) in [6.07, 6.45) is 3.70. The molecular weight excluding hydrogens is 506 g/mol. The maximum atomic E-state index is 12.5. The Bertz CT molecular complexity index is 1780. The van der Waals surface area contributed by atoms with Crippen LogP contribution in [0.15, 0.2) is 82.5 Å². The van der Waals surface area contributed by atoms with Crippen molar-refractivity contribution in [3.05, 3.63) is 110 Å². The van der Waals surface area contributed by atoms with E-state index in [1.807, 2.05) is 66.1 Å². The number of aryl methyl sites for hydroxylation is 1. The number of pyridine rings is 1. The molecule has 0 atom stereocenters. The Balaban J connectivity index is 1.13. The van der Waals surface area contributed by atoms with Crippen molar-refractivity contribution in [2.24, 2.45) is 0 Å². The Morgan fingerprint density at radius 2 is 1.70 bits per heavy atom. The van der Waals surface area contributed by atoms with Gasteiger partial charge in [0.2, 0.25) is 0 Å². The normalized spacial score (nSPS) is 12.9. The zero-order chi connectivity index (χ0) is 27.6. The van der Waals surface area contributed by atoms with Crippen molar-refractivity contribution < 1.29 is 4.79 Å². The molecule has 6 rings (SSSR count). The SMILES string of the molecule is CCn1c(=O)[nH]c(=O)c2nc(-c3ccc(NCc4ccc(CNC(=O)c5ccccc5)cc4)nc3)n(C3CC3)c21. The van der Waals surface area contributed by atoms with Gasteiger partial charge in [-0.05, 0) is 55.2 Å². The molecule has 5 aromatic rings. The molecule has 1 amide bonds. The van der Waals surface area contributed by atoms with E-state index in [1.165, 1.54) is 0 Å². The molecule has 1 saturated carbocycles. The second kappa shape index (κ2) is 10.6. The van der Waals surface area contributed by atoms with Gasteiger partial charge in [-0.1, -0.05) is 42.5 Å². The number of rotatable bonds is 9. The molecule has 0 radical (unpaired) electrons. The summed E-state index contributed by atoms with van der Waals surface area (Å²) in [5.74, 6) is 1.25. The second-order valence-corrected chi connectivity index (χ2v) is 9.86. The lowest BCUT2D eigenvalue weighted by atomic mass is 10.1. The number of benzene rings is 2. The Hall–Kier alpha value is -4.99. The minimum Gasteiger partial charge on any atom is -0.366 e. The van der Waals surface area contributed by atoms with Gasteiger partial charge in [0.15, 0.2) is 11.2 Å². The summed E-state index contributed by atoms with van der Waals surface area (Å²) >= 11 is 0. The maximum absolute atomic E-state index is 12.5. The number of anilines is 1. The molecule has 40 heavy (non-hydrogen) atoms. The lowest BCUT2D eigenvalue weighted by Gasteiger charge is -2.11. The van der Waals surface area contributed by atoms with Gasteiger partial charge in [0.1, 0.15) is 11.6 Å². The lowest BCUT2D eigenvalue weighted by Crippen LogP contribution is -2.30. The van der Waals surface area contributed by atoms with E-state index in [1.54, 1.807) is 22.9 Å². The third-order valence-electron chi connectivity index (χ3n) is 7.06. The summed E-state index contributed by atoms with van der Waals surface area (Å²) < 4.78 is 3.58. The van der Waals surface area contributed by atoms with Gasteiger partial charge in [-0.2, -0.15) is 0 Å². The number of nitrogens with one attached hydrogen (secondary N) is 3. The predicted octanol–water partition coefficient (Wildman–Crippen LogP) is 3.85. The number of H-pyrrole nitrogens is 1. The van der Waals surface area contributed by atoms with E-state index in [4.69, 9.17) is 0 Å². The van der Waals surface area contributed by atoms with E-state index in [9.17, 15) is 14.4 Å². The van der Waals surface area contributed by atoms with E-state index < -0.39 is 11.2 Å². The fourth-order valence-electron chi connectivity index (χ4n) is 4.80. The average molecular weight is 536 g/mol. The standard InChI is InChI=1S/C30H29N7O3/c1-2-36-29-25(28(39)35-30(36)40)34-26(37(29)23-13-14-23)22-12-15-24(32-18-22)31-16-19-8-10-20(11-9-19)17-33-27(38)21-6-4-3-5-7-21/h3-12,15,18,23H,2,13-14,16-17H2,1H3,(H,31,32)(H,33,38)(H,35,39,40). The second-order valence-electron chi connectivity index (χ2n) is 9.86. The highest BCUT2D eigenvalue weighted by Crippen LogP contribution is 2.40. The first-order chi connectivity index (χ1) is 19.5. The number of hydrogen-bond acceptors (Lipinski definition) is 6. The van der Waals surface area contributed by atoms with Crippen LogP contribution >= 0.6 is 0 Å².